The fourth-order valence-electron chi connectivity index (χ4n) is 1.75. The van der Waals surface area contributed by atoms with Crippen LogP contribution in [-0.2, 0) is 14.3 Å². The molecule has 0 unspecified atom stereocenters. The Morgan fingerprint density at radius 2 is 1.28 bits per heavy atom. The predicted molar refractivity (Wildman–Crippen MR) is 88.5 cm³/mol. The first-order chi connectivity index (χ1) is 11.9. The molecule has 132 valence electrons. The summed E-state index contributed by atoms with van der Waals surface area (Å²) in [6.07, 6.45) is 0. The van der Waals surface area contributed by atoms with Crippen LogP contribution in [0.3, 0.4) is 0 Å². The number of esters is 3. The van der Waals surface area contributed by atoms with Crippen molar-refractivity contribution in [3.8, 4) is 11.5 Å². The van der Waals surface area contributed by atoms with Gasteiger partial charge in [0, 0.05) is 6.92 Å². The molecule has 7 nitrogen and oxygen atoms in total. The van der Waals surface area contributed by atoms with E-state index in [-0.39, 0.29) is 22.6 Å². The Bertz CT molecular complexity index is 753. The molecule has 1 N–H and O–H groups in total. The Kier molecular flexibility index (Phi) is 7.65. The summed E-state index contributed by atoms with van der Waals surface area (Å²) in [6.45, 7) is 1.27. The summed E-state index contributed by atoms with van der Waals surface area (Å²) in [4.78, 5) is 32.8. The van der Waals surface area contributed by atoms with Crippen LogP contribution in [0.25, 0.3) is 0 Å². The van der Waals surface area contributed by atoms with Crippen molar-refractivity contribution in [3.05, 3.63) is 59.7 Å². The van der Waals surface area contributed by atoms with Gasteiger partial charge in [0.1, 0.15) is 22.6 Å². The fourth-order valence-corrected chi connectivity index (χ4v) is 1.75. The summed E-state index contributed by atoms with van der Waals surface area (Å²) in [5.74, 6) is -1.36. The zero-order valence-corrected chi connectivity index (χ0v) is 14.0. The lowest BCUT2D eigenvalue weighted by Gasteiger charge is -2.05. The number of ether oxygens (including phenoxy) is 3. The number of benzene rings is 2. The van der Waals surface area contributed by atoms with Crippen molar-refractivity contribution in [2.24, 2.45) is 0 Å². The number of rotatable bonds is 3. The number of carbonyl (C=O) groups is 3. The van der Waals surface area contributed by atoms with E-state index in [0.29, 0.717) is 0 Å². The number of hydrogen-bond donors (Lipinski definition) is 1. The number of aromatic hydroxyl groups is 1. The van der Waals surface area contributed by atoms with E-state index in [2.05, 4.69) is 9.47 Å². The minimum absolute atomic E-state index is 0.0562. The zero-order valence-electron chi connectivity index (χ0n) is 14.0. The highest BCUT2D eigenvalue weighted by Gasteiger charge is 2.13. The van der Waals surface area contributed by atoms with Crippen molar-refractivity contribution < 1.29 is 33.7 Å². The Morgan fingerprint density at radius 3 is 1.80 bits per heavy atom. The Balaban J connectivity index is 0.000000257. The Hall–Kier alpha value is -3.35. The third kappa shape index (κ3) is 5.98. The molecule has 0 aliphatic carbocycles. The van der Waals surface area contributed by atoms with Gasteiger partial charge in [0.25, 0.3) is 0 Å². The molecule has 0 saturated carbocycles. The lowest BCUT2D eigenvalue weighted by molar-refractivity contribution is -0.131. The molecule has 0 aliphatic rings. The van der Waals surface area contributed by atoms with Crippen LogP contribution in [0.2, 0.25) is 0 Å². The van der Waals surface area contributed by atoms with Gasteiger partial charge in [-0.2, -0.15) is 0 Å². The number of methoxy groups -OCH3 is 2. The second-order valence-electron chi connectivity index (χ2n) is 4.59. The Labute approximate surface area is 144 Å². The van der Waals surface area contributed by atoms with Gasteiger partial charge in [-0.1, -0.05) is 24.3 Å². The second-order valence-corrected chi connectivity index (χ2v) is 4.59. The first-order valence-corrected chi connectivity index (χ1v) is 7.12. The molecule has 7 heteroatoms. The van der Waals surface area contributed by atoms with Crippen LogP contribution < -0.4 is 4.74 Å². The standard InChI is InChI=1S/C10H10O4.C8H8O3/c1-7(11)14-9-6-4-3-5-8(9)10(12)13-2;1-11-8(10)6-4-2-3-5-7(6)9/h3-6H,1-2H3;2-5,9H,1H3. The van der Waals surface area contributed by atoms with Crippen LogP contribution in [0, 0.1) is 0 Å². The van der Waals surface area contributed by atoms with Gasteiger partial charge in [0.15, 0.2) is 0 Å². The molecule has 2 rings (SSSR count). The van der Waals surface area contributed by atoms with Crippen LogP contribution in [0.15, 0.2) is 48.5 Å². The lowest BCUT2D eigenvalue weighted by atomic mass is 10.2. The molecule has 0 bridgehead atoms. The van der Waals surface area contributed by atoms with Crippen LogP contribution in [-0.4, -0.2) is 37.2 Å². The predicted octanol–water partition coefficient (Wildman–Crippen LogP) is 2.58. The SMILES string of the molecule is COC(=O)c1ccccc1O.COC(=O)c1ccccc1OC(C)=O. The van der Waals surface area contributed by atoms with Gasteiger partial charge in [-0.05, 0) is 24.3 Å². The fraction of sp³-hybridized carbons (Fsp3) is 0.167. The molecule has 2 aromatic carbocycles. The highest BCUT2D eigenvalue weighted by Crippen LogP contribution is 2.18. The highest BCUT2D eigenvalue weighted by molar-refractivity contribution is 5.93. The van der Waals surface area contributed by atoms with Crippen LogP contribution >= 0.6 is 0 Å². The van der Waals surface area contributed by atoms with Crippen molar-refractivity contribution in [2.45, 2.75) is 6.92 Å². The molecule has 0 aliphatic heterocycles. The molecule has 0 atom stereocenters. The number of para-hydroxylation sites is 2. The third-order valence-electron chi connectivity index (χ3n) is 2.86. The van der Waals surface area contributed by atoms with Gasteiger partial charge < -0.3 is 19.3 Å². The number of phenolic OH excluding ortho intramolecular Hbond substituents is 1. The number of phenols is 1. The molecule has 0 heterocycles. The van der Waals surface area contributed by atoms with Crippen molar-refractivity contribution in [2.75, 3.05) is 14.2 Å². The maximum Gasteiger partial charge on any atom is 0.341 e. The van der Waals surface area contributed by atoms with Gasteiger partial charge in [0.05, 0.1) is 14.2 Å². The van der Waals surface area contributed by atoms with Crippen LogP contribution in [0.5, 0.6) is 11.5 Å². The molecule has 25 heavy (non-hydrogen) atoms. The minimum atomic E-state index is -0.526. The van der Waals surface area contributed by atoms with Gasteiger partial charge in [-0.3, -0.25) is 4.79 Å². The van der Waals surface area contributed by atoms with Crippen molar-refractivity contribution in [1.29, 1.82) is 0 Å². The quantitative estimate of drug-likeness (QED) is 0.673. The van der Waals surface area contributed by atoms with Gasteiger partial charge >= 0.3 is 17.9 Å². The van der Waals surface area contributed by atoms with E-state index in [1.807, 2.05) is 0 Å². The van der Waals surface area contributed by atoms with E-state index in [9.17, 15) is 14.4 Å². The molecule has 0 saturated heterocycles. The summed E-state index contributed by atoms with van der Waals surface area (Å²) < 4.78 is 13.8. The summed E-state index contributed by atoms with van der Waals surface area (Å²) in [7, 11) is 2.54. The first kappa shape index (κ1) is 19.7. The minimum Gasteiger partial charge on any atom is -0.507 e. The summed E-state index contributed by atoms with van der Waals surface area (Å²) >= 11 is 0. The van der Waals surface area contributed by atoms with Crippen molar-refractivity contribution >= 4 is 17.9 Å². The molecule has 0 amide bonds. The number of hydrogen-bond acceptors (Lipinski definition) is 7. The van der Waals surface area contributed by atoms with Gasteiger partial charge in [-0.25, -0.2) is 9.59 Å². The molecule has 0 spiro atoms. The molecule has 2 aromatic rings. The average Bonchev–Trinajstić information content (AvgIpc) is 2.61. The topological polar surface area (TPSA) is 99.1 Å². The molecular formula is C18H18O7. The average molecular weight is 346 g/mol. The summed E-state index contributed by atoms with van der Waals surface area (Å²) in [6, 6.07) is 12.6. The third-order valence-corrected chi connectivity index (χ3v) is 2.86. The van der Waals surface area contributed by atoms with E-state index >= 15 is 0 Å². The smallest absolute Gasteiger partial charge is 0.341 e. The van der Waals surface area contributed by atoms with E-state index < -0.39 is 17.9 Å². The zero-order chi connectivity index (χ0) is 18.8. The molecule has 0 radical (unpaired) electrons. The molecule has 0 aromatic heterocycles. The van der Waals surface area contributed by atoms with Gasteiger partial charge in [-0.15, -0.1) is 0 Å². The molecule has 0 fully saturated rings. The maximum absolute atomic E-state index is 11.2. The first-order valence-electron chi connectivity index (χ1n) is 7.12. The monoisotopic (exact) mass is 346 g/mol. The van der Waals surface area contributed by atoms with Crippen molar-refractivity contribution in [1.82, 2.24) is 0 Å². The summed E-state index contributed by atoms with van der Waals surface area (Å²) in [5.41, 5.74) is 0.431. The van der Waals surface area contributed by atoms with E-state index in [4.69, 9.17) is 9.84 Å². The highest BCUT2D eigenvalue weighted by atomic mass is 16.5. The lowest BCUT2D eigenvalue weighted by Crippen LogP contribution is -2.08. The van der Waals surface area contributed by atoms with Crippen LogP contribution in [0.4, 0.5) is 0 Å². The Morgan fingerprint density at radius 1 is 0.800 bits per heavy atom. The second kappa shape index (κ2) is 9.71. The van der Waals surface area contributed by atoms with Gasteiger partial charge in [0.2, 0.25) is 0 Å². The van der Waals surface area contributed by atoms with E-state index in [0.717, 1.165) is 0 Å². The largest absolute Gasteiger partial charge is 0.507 e. The maximum atomic E-state index is 11.2. The molecular weight excluding hydrogens is 328 g/mol. The van der Waals surface area contributed by atoms with E-state index in [1.54, 1.807) is 24.3 Å². The normalized spacial score (nSPS) is 9.24. The number of carbonyl (C=O) groups excluding carboxylic acids is 3. The van der Waals surface area contributed by atoms with Crippen molar-refractivity contribution in [3.63, 3.8) is 0 Å². The van der Waals surface area contributed by atoms with E-state index in [1.165, 1.54) is 45.4 Å². The summed E-state index contributed by atoms with van der Waals surface area (Å²) in [5, 5.41) is 9.11. The van der Waals surface area contributed by atoms with Crippen LogP contribution in [0.1, 0.15) is 27.6 Å².